The molecular formula is C12H15F2NO. The summed E-state index contributed by atoms with van der Waals surface area (Å²) in [5, 5.41) is 0. The number of halogens is 2. The Morgan fingerprint density at radius 1 is 1.25 bits per heavy atom. The van der Waals surface area contributed by atoms with Crippen LogP contribution in [0.15, 0.2) is 18.2 Å². The average Bonchev–Trinajstić information content (AvgIpc) is 2.60. The van der Waals surface area contributed by atoms with Crippen LogP contribution in [0.2, 0.25) is 0 Å². The summed E-state index contributed by atoms with van der Waals surface area (Å²) in [6.07, 6.45) is 0.753. The second-order valence-electron chi connectivity index (χ2n) is 4.34. The van der Waals surface area contributed by atoms with E-state index in [0.717, 1.165) is 19.0 Å². The zero-order valence-electron chi connectivity index (χ0n) is 9.46. The molecule has 1 fully saturated rings. The molecule has 2 nitrogen and oxygen atoms in total. The Kier molecular flexibility index (Phi) is 2.95. The fourth-order valence-electron chi connectivity index (χ4n) is 2.30. The topological polar surface area (TPSA) is 12.5 Å². The summed E-state index contributed by atoms with van der Waals surface area (Å²) in [7, 11) is 3.55. The lowest BCUT2D eigenvalue weighted by atomic mass is 9.92. The minimum absolute atomic E-state index is 0.555. The highest BCUT2D eigenvalue weighted by molar-refractivity contribution is 5.26. The molecule has 0 spiro atoms. The molecule has 1 heterocycles. The molecule has 1 saturated heterocycles. The summed E-state index contributed by atoms with van der Waals surface area (Å²) < 4.78 is 31.8. The van der Waals surface area contributed by atoms with E-state index in [1.165, 1.54) is 12.1 Å². The highest BCUT2D eigenvalue weighted by atomic mass is 19.1. The van der Waals surface area contributed by atoms with Crippen LogP contribution < -0.4 is 0 Å². The molecule has 1 aliphatic heterocycles. The van der Waals surface area contributed by atoms with Gasteiger partial charge in [0.2, 0.25) is 0 Å². The minimum atomic E-state index is -0.572. The van der Waals surface area contributed by atoms with Crippen molar-refractivity contribution in [1.82, 2.24) is 4.90 Å². The maximum Gasteiger partial charge on any atom is 0.126 e. The molecule has 16 heavy (non-hydrogen) atoms. The van der Waals surface area contributed by atoms with Crippen molar-refractivity contribution in [3.63, 3.8) is 0 Å². The number of rotatable bonds is 2. The van der Waals surface area contributed by atoms with Gasteiger partial charge in [-0.25, -0.2) is 8.78 Å². The molecule has 1 aromatic carbocycles. The van der Waals surface area contributed by atoms with Crippen molar-refractivity contribution >= 4 is 0 Å². The smallest absolute Gasteiger partial charge is 0.126 e. The first kappa shape index (κ1) is 11.5. The van der Waals surface area contributed by atoms with E-state index in [0.29, 0.717) is 12.1 Å². The molecule has 0 saturated carbocycles. The van der Waals surface area contributed by atoms with E-state index < -0.39 is 17.2 Å². The van der Waals surface area contributed by atoms with E-state index in [-0.39, 0.29) is 0 Å². The van der Waals surface area contributed by atoms with Crippen molar-refractivity contribution in [1.29, 1.82) is 0 Å². The van der Waals surface area contributed by atoms with Crippen LogP contribution in [-0.4, -0.2) is 32.1 Å². The van der Waals surface area contributed by atoms with Crippen LogP contribution in [0, 0.1) is 11.6 Å². The van der Waals surface area contributed by atoms with Gasteiger partial charge >= 0.3 is 0 Å². The third-order valence-corrected chi connectivity index (χ3v) is 3.20. The summed E-state index contributed by atoms with van der Waals surface area (Å²) in [4.78, 5) is 2.09. The van der Waals surface area contributed by atoms with Gasteiger partial charge in [0.15, 0.2) is 0 Å². The van der Waals surface area contributed by atoms with E-state index in [1.54, 1.807) is 7.11 Å². The summed E-state index contributed by atoms with van der Waals surface area (Å²) in [6.45, 7) is 1.53. The van der Waals surface area contributed by atoms with Crippen LogP contribution in [0.25, 0.3) is 0 Å². The first-order valence-corrected chi connectivity index (χ1v) is 5.26. The molecule has 1 aromatic rings. The van der Waals surface area contributed by atoms with Gasteiger partial charge in [0.1, 0.15) is 17.2 Å². The van der Waals surface area contributed by atoms with Crippen LogP contribution in [0.4, 0.5) is 8.78 Å². The first-order chi connectivity index (χ1) is 7.55. The van der Waals surface area contributed by atoms with Crippen molar-refractivity contribution in [3.05, 3.63) is 35.4 Å². The molecule has 1 atom stereocenters. The zero-order valence-corrected chi connectivity index (χ0v) is 9.46. The lowest BCUT2D eigenvalue weighted by Gasteiger charge is -2.28. The largest absolute Gasteiger partial charge is 0.372 e. The molecule has 0 aromatic heterocycles. The van der Waals surface area contributed by atoms with Gasteiger partial charge in [-0.15, -0.1) is 0 Å². The standard InChI is InChI=1S/C12H15F2NO/c1-15-4-3-12(8-15,16-2)9-5-10(13)7-11(14)6-9/h5-7H,3-4,8H2,1-2H3. The first-order valence-electron chi connectivity index (χ1n) is 5.26. The van der Waals surface area contributed by atoms with Crippen LogP contribution in [-0.2, 0) is 10.3 Å². The second-order valence-corrected chi connectivity index (χ2v) is 4.34. The molecule has 2 rings (SSSR count). The fraction of sp³-hybridized carbons (Fsp3) is 0.500. The lowest BCUT2D eigenvalue weighted by Crippen LogP contribution is -2.31. The number of hydrogen-bond donors (Lipinski definition) is 0. The zero-order chi connectivity index (χ0) is 11.8. The molecule has 1 unspecified atom stereocenters. The van der Waals surface area contributed by atoms with Crippen molar-refractivity contribution < 1.29 is 13.5 Å². The van der Waals surface area contributed by atoms with Gasteiger partial charge in [-0.3, -0.25) is 0 Å². The molecule has 0 N–H and O–H groups in total. The fourth-order valence-corrected chi connectivity index (χ4v) is 2.30. The third-order valence-electron chi connectivity index (χ3n) is 3.20. The van der Waals surface area contributed by atoms with Gasteiger partial charge in [0.25, 0.3) is 0 Å². The second kappa shape index (κ2) is 4.11. The highest BCUT2D eigenvalue weighted by Crippen LogP contribution is 2.35. The molecule has 88 valence electrons. The molecule has 4 heteroatoms. The van der Waals surface area contributed by atoms with Crippen molar-refractivity contribution in [2.45, 2.75) is 12.0 Å². The normalized spacial score (nSPS) is 26.2. The molecule has 0 radical (unpaired) electrons. The Bertz CT molecular complexity index is 376. The third kappa shape index (κ3) is 1.95. The van der Waals surface area contributed by atoms with Gasteiger partial charge in [-0.1, -0.05) is 0 Å². The Hall–Kier alpha value is -1.00. The van der Waals surface area contributed by atoms with Gasteiger partial charge in [-0.2, -0.15) is 0 Å². The van der Waals surface area contributed by atoms with Gasteiger partial charge in [0, 0.05) is 26.3 Å². The summed E-state index contributed by atoms with van der Waals surface area (Å²) >= 11 is 0. The number of benzene rings is 1. The number of ether oxygens (including phenoxy) is 1. The minimum Gasteiger partial charge on any atom is -0.372 e. The number of likely N-dealkylation sites (N-methyl/N-ethyl adjacent to an activating group) is 1. The van der Waals surface area contributed by atoms with E-state index >= 15 is 0 Å². The number of nitrogens with zero attached hydrogens (tertiary/aromatic N) is 1. The van der Waals surface area contributed by atoms with Crippen molar-refractivity contribution in [3.8, 4) is 0 Å². The van der Waals surface area contributed by atoms with Crippen molar-refractivity contribution in [2.24, 2.45) is 0 Å². The quantitative estimate of drug-likeness (QED) is 0.767. The predicted molar refractivity (Wildman–Crippen MR) is 57.2 cm³/mol. The maximum absolute atomic E-state index is 13.2. The summed E-state index contributed by atoms with van der Waals surface area (Å²) in [5.41, 5.74) is 0.00868. The van der Waals surface area contributed by atoms with Crippen LogP contribution in [0.3, 0.4) is 0 Å². The van der Waals surface area contributed by atoms with E-state index in [1.807, 2.05) is 7.05 Å². The van der Waals surface area contributed by atoms with Gasteiger partial charge < -0.3 is 9.64 Å². The van der Waals surface area contributed by atoms with E-state index in [9.17, 15) is 8.78 Å². The number of hydrogen-bond acceptors (Lipinski definition) is 2. The molecule has 1 aliphatic rings. The van der Waals surface area contributed by atoms with E-state index in [4.69, 9.17) is 4.74 Å². The Morgan fingerprint density at radius 3 is 2.31 bits per heavy atom. The Labute approximate surface area is 93.8 Å². The number of likely N-dealkylation sites (tertiary alicyclic amines) is 1. The molecule has 0 bridgehead atoms. The van der Waals surface area contributed by atoms with Crippen LogP contribution in [0.5, 0.6) is 0 Å². The Balaban J connectivity index is 2.40. The molecular weight excluding hydrogens is 212 g/mol. The lowest BCUT2D eigenvalue weighted by molar-refractivity contribution is -0.00451. The Morgan fingerprint density at radius 2 is 1.88 bits per heavy atom. The van der Waals surface area contributed by atoms with Gasteiger partial charge in [0.05, 0.1) is 0 Å². The average molecular weight is 227 g/mol. The predicted octanol–water partition coefficient (Wildman–Crippen LogP) is 2.14. The van der Waals surface area contributed by atoms with Gasteiger partial charge in [-0.05, 0) is 31.2 Å². The van der Waals surface area contributed by atoms with Crippen molar-refractivity contribution in [2.75, 3.05) is 27.2 Å². The van der Waals surface area contributed by atoms with Crippen LogP contribution in [0.1, 0.15) is 12.0 Å². The molecule has 0 aliphatic carbocycles. The summed E-state index contributed by atoms with van der Waals surface area (Å²) in [6, 6.07) is 3.59. The SMILES string of the molecule is COC1(c2cc(F)cc(F)c2)CCN(C)C1. The maximum atomic E-state index is 13.2. The van der Waals surface area contributed by atoms with E-state index in [2.05, 4.69) is 4.90 Å². The monoisotopic (exact) mass is 227 g/mol. The number of methoxy groups -OCH3 is 1. The summed E-state index contributed by atoms with van der Waals surface area (Å²) in [5.74, 6) is -1.11. The molecule has 0 amide bonds. The van der Waals surface area contributed by atoms with Crippen LogP contribution >= 0.6 is 0 Å². The highest BCUT2D eigenvalue weighted by Gasteiger charge is 2.39.